The predicted molar refractivity (Wildman–Crippen MR) is 37.7 cm³/mol. The van der Waals surface area contributed by atoms with Gasteiger partial charge in [0.1, 0.15) is 12.2 Å². The van der Waals surface area contributed by atoms with Crippen molar-refractivity contribution in [1.82, 2.24) is 0 Å². The van der Waals surface area contributed by atoms with E-state index in [9.17, 15) is 9.59 Å². The molecule has 0 aromatic heterocycles. The molecule has 0 aliphatic carbocycles. The molecule has 0 aliphatic rings. The minimum absolute atomic E-state index is 0. The Bertz CT molecular complexity index is 122. The van der Waals surface area contributed by atoms with E-state index in [-0.39, 0.29) is 36.1 Å². The third-order valence-corrected chi connectivity index (χ3v) is 0.699. The molecule has 0 saturated carbocycles. The van der Waals surface area contributed by atoms with Gasteiger partial charge in [-0.3, -0.25) is 9.59 Å². The van der Waals surface area contributed by atoms with Crippen molar-refractivity contribution in [2.24, 2.45) is 0 Å². The number of esters is 1. The molecule has 0 aromatic rings. The molecule has 0 aromatic carbocycles. The number of hydrogen-bond donors (Lipinski definition) is 0. The van der Waals surface area contributed by atoms with E-state index in [0.29, 0.717) is 6.61 Å². The Hall–Kier alpha value is -0.0613. The van der Waals surface area contributed by atoms with E-state index in [4.69, 9.17) is 0 Å². The van der Waals surface area contributed by atoms with Gasteiger partial charge in [-0.2, -0.15) is 0 Å². The minimum Gasteiger partial charge on any atom is -0.466 e. The predicted octanol–water partition coefficient (Wildman–Crippen LogP) is 0.148. The molecule has 4 heteroatoms. The molecule has 3 nitrogen and oxygen atoms in total. The average molecular weight is 249 g/mol. The number of carbonyl (C=O) groups excluding carboxylic acids is 2. The molecule has 0 N–H and O–H groups in total. The van der Waals surface area contributed by atoms with E-state index < -0.39 is 5.97 Å². The molecule has 0 fully saturated rings. The van der Waals surface area contributed by atoms with E-state index in [2.05, 4.69) is 4.74 Å². The quantitative estimate of drug-likeness (QED) is 0.406. The maximum absolute atomic E-state index is 10.4. The van der Waals surface area contributed by atoms with Crippen LogP contribution in [-0.2, 0) is 14.3 Å². The second kappa shape index (κ2) is 7.05. The number of Topliss-reactive ketones (excluding diaryl/α,β-unsaturated/α-hetero) is 1. The maximum atomic E-state index is 10.4. The van der Waals surface area contributed by atoms with Crippen LogP contribution in [0.4, 0.5) is 0 Å². The first kappa shape index (κ1) is 12.6. The van der Waals surface area contributed by atoms with Crippen molar-refractivity contribution < 1.29 is 14.3 Å². The summed E-state index contributed by atoms with van der Waals surface area (Å²) in [5.41, 5.74) is 0. The smallest absolute Gasteiger partial charge is 0.313 e. The molecule has 0 aliphatic heterocycles. The second-order valence-electron chi connectivity index (χ2n) is 1.68. The maximum Gasteiger partial charge on any atom is 0.313 e. The SMILES string of the molecule is CCOC(=O)CC(C)=O.[Sn]. The van der Waals surface area contributed by atoms with Gasteiger partial charge in [0.25, 0.3) is 0 Å². The Labute approximate surface area is 77.1 Å². The first-order chi connectivity index (χ1) is 4.16. The van der Waals surface area contributed by atoms with Gasteiger partial charge in [-0.05, 0) is 13.8 Å². The third-order valence-electron chi connectivity index (χ3n) is 0.699. The van der Waals surface area contributed by atoms with Crippen molar-refractivity contribution in [2.45, 2.75) is 20.3 Å². The van der Waals surface area contributed by atoms with Gasteiger partial charge in [0.05, 0.1) is 6.61 Å². The van der Waals surface area contributed by atoms with Gasteiger partial charge in [0.15, 0.2) is 0 Å². The van der Waals surface area contributed by atoms with Crippen molar-refractivity contribution in [1.29, 1.82) is 0 Å². The summed E-state index contributed by atoms with van der Waals surface area (Å²) in [5.74, 6) is -0.599. The molecule has 0 atom stereocenters. The molecule has 0 bridgehead atoms. The summed E-state index contributed by atoms with van der Waals surface area (Å²) in [6.07, 6.45) is -0.103. The van der Waals surface area contributed by atoms with Crippen LogP contribution < -0.4 is 0 Å². The van der Waals surface area contributed by atoms with Crippen molar-refractivity contribution in [3.8, 4) is 0 Å². The second-order valence-corrected chi connectivity index (χ2v) is 1.68. The number of ketones is 1. The van der Waals surface area contributed by atoms with Crippen LogP contribution in [0.25, 0.3) is 0 Å². The van der Waals surface area contributed by atoms with E-state index >= 15 is 0 Å². The van der Waals surface area contributed by atoms with Gasteiger partial charge < -0.3 is 4.74 Å². The zero-order valence-corrected chi connectivity index (χ0v) is 8.99. The van der Waals surface area contributed by atoms with Crippen LogP contribution in [0.2, 0.25) is 0 Å². The number of rotatable bonds is 3. The third kappa shape index (κ3) is 7.94. The Balaban J connectivity index is 0. The first-order valence-corrected chi connectivity index (χ1v) is 2.82. The summed E-state index contributed by atoms with van der Waals surface area (Å²) in [6, 6.07) is 0. The number of carbonyl (C=O) groups is 2. The van der Waals surface area contributed by atoms with Gasteiger partial charge in [-0.25, -0.2) is 0 Å². The summed E-state index contributed by atoms with van der Waals surface area (Å²) in [5, 5.41) is 0. The van der Waals surface area contributed by atoms with Crippen molar-refractivity contribution >= 4 is 35.7 Å². The van der Waals surface area contributed by atoms with Crippen LogP contribution in [0.5, 0.6) is 0 Å². The van der Waals surface area contributed by atoms with E-state index in [1.165, 1.54) is 6.92 Å². The van der Waals surface area contributed by atoms with Gasteiger partial charge >= 0.3 is 5.97 Å². The van der Waals surface area contributed by atoms with Crippen LogP contribution in [0.15, 0.2) is 0 Å². The molecular weight excluding hydrogens is 239 g/mol. The minimum atomic E-state index is -0.440. The number of hydrogen-bond acceptors (Lipinski definition) is 3. The summed E-state index contributed by atoms with van der Waals surface area (Å²) in [4.78, 5) is 20.6. The largest absolute Gasteiger partial charge is 0.466 e. The molecule has 0 saturated heterocycles. The molecule has 0 amide bonds. The Kier molecular flexibility index (Phi) is 8.88. The summed E-state index contributed by atoms with van der Waals surface area (Å²) in [7, 11) is 0. The van der Waals surface area contributed by atoms with Crippen molar-refractivity contribution in [3.63, 3.8) is 0 Å². The summed E-state index contributed by atoms with van der Waals surface area (Å²) >= 11 is 0. The Morgan fingerprint density at radius 1 is 1.40 bits per heavy atom. The van der Waals surface area contributed by atoms with E-state index in [1.54, 1.807) is 6.92 Å². The standard InChI is InChI=1S/C6H10O3.Sn/c1-3-9-6(8)4-5(2)7;/h3-4H2,1-2H3;. The fourth-order valence-electron chi connectivity index (χ4n) is 0.415. The van der Waals surface area contributed by atoms with Crippen LogP contribution in [-0.4, -0.2) is 42.3 Å². The summed E-state index contributed by atoms with van der Waals surface area (Å²) in [6.45, 7) is 3.40. The van der Waals surface area contributed by atoms with Gasteiger partial charge in [0, 0.05) is 23.9 Å². The molecule has 0 unspecified atom stereocenters. The monoisotopic (exact) mass is 250 g/mol. The normalized spacial score (nSPS) is 7.80. The number of ether oxygens (including phenoxy) is 1. The van der Waals surface area contributed by atoms with Gasteiger partial charge in [0.2, 0.25) is 0 Å². The van der Waals surface area contributed by atoms with E-state index in [0.717, 1.165) is 0 Å². The molecule has 0 heterocycles. The molecule has 0 spiro atoms. The molecule has 56 valence electrons. The molecule has 0 rings (SSSR count). The van der Waals surface area contributed by atoms with Gasteiger partial charge in [-0.1, -0.05) is 0 Å². The van der Waals surface area contributed by atoms with Crippen LogP contribution in [0.3, 0.4) is 0 Å². The average Bonchev–Trinajstić information content (AvgIpc) is 1.63. The first-order valence-electron chi connectivity index (χ1n) is 2.82. The van der Waals surface area contributed by atoms with Crippen molar-refractivity contribution in [3.05, 3.63) is 0 Å². The van der Waals surface area contributed by atoms with E-state index in [1.807, 2.05) is 0 Å². The Morgan fingerprint density at radius 3 is 2.20 bits per heavy atom. The fraction of sp³-hybridized carbons (Fsp3) is 0.667. The zero-order valence-electron chi connectivity index (χ0n) is 6.14. The zero-order chi connectivity index (χ0) is 7.28. The molecular formula is C6H10O3Sn. The van der Waals surface area contributed by atoms with Gasteiger partial charge in [-0.15, -0.1) is 0 Å². The van der Waals surface area contributed by atoms with Crippen molar-refractivity contribution in [2.75, 3.05) is 6.61 Å². The van der Waals surface area contributed by atoms with Crippen LogP contribution in [0, 0.1) is 0 Å². The molecule has 10 heavy (non-hydrogen) atoms. The Morgan fingerprint density at radius 2 is 1.90 bits per heavy atom. The van der Waals surface area contributed by atoms with Crippen LogP contribution >= 0.6 is 0 Å². The fourth-order valence-corrected chi connectivity index (χ4v) is 0.415. The summed E-state index contributed by atoms with van der Waals surface area (Å²) < 4.78 is 4.49. The molecule has 4 radical (unpaired) electrons. The topological polar surface area (TPSA) is 43.4 Å². The van der Waals surface area contributed by atoms with Crippen LogP contribution in [0.1, 0.15) is 20.3 Å².